The van der Waals surface area contributed by atoms with Crippen molar-refractivity contribution in [1.82, 2.24) is 0 Å². The molecule has 3 aliphatic rings. The minimum absolute atomic E-state index is 0.510. The molecular formula is C15H26NO+. The number of hydrogen-bond acceptors (Lipinski definition) is 1. The van der Waals surface area contributed by atoms with E-state index in [1.807, 2.05) is 0 Å². The molecule has 1 aliphatic carbocycles. The van der Waals surface area contributed by atoms with Gasteiger partial charge in [-0.1, -0.05) is 11.6 Å². The molecule has 3 atom stereocenters. The van der Waals surface area contributed by atoms with Gasteiger partial charge >= 0.3 is 0 Å². The minimum atomic E-state index is 0.510. The van der Waals surface area contributed by atoms with E-state index in [9.17, 15) is 0 Å². The molecule has 1 N–H and O–H groups in total. The maximum absolute atomic E-state index is 6.16. The van der Waals surface area contributed by atoms with Gasteiger partial charge in [0.2, 0.25) is 0 Å². The van der Waals surface area contributed by atoms with Crippen LogP contribution in [-0.4, -0.2) is 32.3 Å². The number of likely N-dealkylation sites (tertiary alicyclic amines) is 1. The minimum Gasteiger partial charge on any atom is -0.371 e. The van der Waals surface area contributed by atoms with E-state index in [1.54, 1.807) is 10.5 Å². The molecule has 3 unspecified atom stereocenters. The summed E-state index contributed by atoms with van der Waals surface area (Å²) in [6, 6.07) is 0. The van der Waals surface area contributed by atoms with Gasteiger partial charge in [0.25, 0.3) is 0 Å². The third-order valence-corrected chi connectivity index (χ3v) is 4.99. The highest BCUT2D eigenvalue weighted by molar-refractivity contribution is 5.12. The van der Waals surface area contributed by atoms with Gasteiger partial charge in [0, 0.05) is 5.92 Å². The van der Waals surface area contributed by atoms with Crippen LogP contribution in [0.4, 0.5) is 0 Å². The lowest BCUT2D eigenvalue weighted by atomic mass is 9.77. The van der Waals surface area contributed by atoms with Gasteiger partial charge in [-0.15, -0.1) is 0 Å². The number of quaternary nitrogens is 1. The molecule has 17 heavy (non-hydrogen) atoms. The van der Waals surface area contributed by atoms with Gasteiger partial charge < -0.3 is 9.64 Å². The highest BCUT2D eigenvalue weighted by Gasteiger charge is 2.36. The Labute approximate surface area is 105 Å². The lowest BCUT2D eigenvalue weighted by molar-refractivity contribution is -0.908. The first-order valence-electron chi connectivity index (χ1n) is 7.45. The average Bonchev–Trinajstić information content (AvgIpc) is 2.38. The summed E-state index contributed by atoms with van der Waals surface area (Å²) in [6.07, 6.45) is 9.91. The van der Waals surface area contributed by atoms with E-state index in [2.05, 4.69) is 13.0 Å². The predicted octanol–water partition coefficient (Wildman–Crippen LogP) is 1.43. The van der Waals surface area contributed by atoms with Crippen molar-refractivity contribution in [2.45, 2.75) is 45.1 Å². The van der Waals surface area contributed by atoms with E-state index in [0.717, 1.165) is 18.4 Å². The fraction of sp³-hybridized carbons (Fsp3) is 0.867. The van der Waals surface area contributed by atoms with Gasteiger partial charge in [-0.25, -0.2) is 0 Å². The van der Waals surface area contributed by atoms with Crippen molar-refractivity contribution in [3.63, 3.8) is 0 Å². The molecule has 96 valence electrons. The number of piperidine rings is 1. The molecule has 2 fully saturated rings. The van der Waals surface area contributed by atoms with Crippen LogP contribution in [-0.2, 0) is 4.74 Å². The summed E-state index contributed by atoms with van der Waals surface area (Å²) in [5.41, 5.74) is 1.60. The quantitative estimate of drug-likeness (QED) is 0.716. The molecule has 3 rings (SSSR count). The zero-order valence-electron chi connectivity index (χ0n) is 11.1. The molecule has 2 heteroatoms. The van der Waals surface area contributed by atoms with Crippen LogP contribution >= 0.6 is 0 Å². The first-order chi connectivity index (χ1) is 8.33. The predicted molar refractivity (Wildman–Crippen MR) is 69.1 cm³/mol. The van der Waals surface area contributed by atoms with Crippen molar-refractivity contribution in [1.29, 1.82) is 0 Å². The second kappa shape index (κ2) is 5.11. The van der Waals surface area contributed by atoms with E-state index < -0.39 is 0 Å². The van der Waals surface area contributed by atoms with Crippen LogP contribution in [0.5, 0.6) is 0 Å². The van der Waals surface area contributed by atoms with Crippen LogP contribution < -0.4 is 4.90 Å². The Kier molecular flexibility index (Phi) is 3.53. The van der Waals surface area contributed by atoms with E-state index in [-0.39, 0.29) is 0 Å². The Morgan fingerprint density at radius 3 is 2.94 bits per heavy atom. The van der Waals surface area contributed by atoms with E-state index in [4.69, 9.17) is 4.74 Å². The summed E-state index contributed by atoms with van der Waals surface area (Å²) in [5.74, 6) is 1.55. The van der Waals surface area contributed by atoms with Crippen LogP contribution in [0, 0.1) is 11.8 Å². The smallest absolute Gasteiger partial charge is 0.113 e. The van der Waals surface area contributed by atoms with Crippen molar-refractivity contribution in [3.05, 3.63) is 11.6 Å². The molecular weight excluding hydrogens is 210 g/mol. The maximum atomic E-state index is 6.16. The standard InChI is InChI=1S/C15H25NO/c1-12-5-6-13-9-14(12)15(17-11-13)10-16-7-3-2-4-8-16/h5,13-15H,2-4,6-11H2,1H3/p+1. The molecule has 2 saturated heterocycles. The summed E-state index contributed by atoms with van der Waals surface area (Å²) in [5, 5.41) is 0. The van der Waals surface area contributed by atoms with Crippen LogP contribution in [0.1, 0.15) is 39.0 Å². The Morgan fingerprint density at radius 1 is 1.29 bits per heavy atom. The number of hydrogen-bond donors (Lipinski definition) is 1. The summed E-state index contributed by atoms with van der Waals surface area (Å²) < 4.78 is 6.16. The second-order valence-corrected chi connectivity index (χ2v) is 6.28. The molecule has 0 saturated carbocycles. The highest BCUT2D eigenvalue weighted by atomic mass is 16.5. The van der Waals surface area contributed by atoms with Crippen LogP contribution in [0.25, 0.3) is 0 Å². The summed E-state index contributed by atoms with van der Waals surface area (Å²) in [6.45, 7) is 7.33. The van der Waals surface area contributed by atoms with Crippen molar-refractivity contribution in [2.75, 3.05) is 26.2 Å². The topological polar surface area (TPSA) is 13.7 Å². The van der Waals surface area contributed by atoms with Gasteiger partial charge in [-0.3, -0.25) is 0 Å². The van der Waals surface area contributed by atoms with Crippen molar-refractivity contribution >= 4 is 0 Å². The fourth-order valence-corrected chi connectivity index (χ4v) is 3.84. The normalized spacial score (nSPS) is 38.9. The third kappa shape index (κ3) is 2.58. The van der Waals surface area contributed by atoms with Crippen molar-refractivity contribution in [3.8, 4) is 0 Å². The molecule has 0 radical (unpaired) electrons. The zero-order valence-corrected chi connectivity index (χ0v) is 11.1. The van der Waals surface area contributed by atoms with Crippen molar-refractivity contribution in [2.24, 2.45) is 11.8 Å². The summed E-state index contributed by atoms with van der Waals surface area (Å²) in [4.78, 5) is 1.79. The SMILES string of the molecule is CC1=CCC2COC(C[NH+]3CCCCC3)C1C2. The fourth-order valence-electron chi connectivity index (χ4n) is 3.84. The molecule has 2 nitrogen and oxygen atoms in total. The molecule has 0 aromatic rings. The molecule has 2 aliphatic heterocycles. The van der Waals surface area contributed by atoms with E-state index in [1.165, 1.54) is 51.7 Å². The Hall–Kier alpha value is -0.340. The summed E-state index contributed by atoms with van der Waals surface area (Å²) in [7, 11) is 0. The highest BCUT2D eigenvalue weighted by Crippen LogP contribution is 2.36. The maximum Gasteiger partial charge on any atom is 0.113 e. The number of fused-ring (bicyclic) bond motifs is 2. The third-order valence-electron chi connectivity index (χ3n) is 4.99. The number of nitrogens with one attached hydrogen (secondary N) is 1. The van der Waals surface area contributed by atoms with E-state index >= 15 is 0 Å². The molecule has 0 spiro atoms. The number of allylic oxidation sites excluding steroid dienone is 1. The van der Waals surface area contributed by atoms with Gasteiger partial charge in [-0.2, -0.15) is 0 Å². The van der Waals surface area contributed by atoms with Crippen LogP contribution in [0.3, 0.4) is 0 Å². The van der Waals surface area contributed by atoms with Crippen LogP contribution in [0.15, 0.2) is 11.6 Å². The first-order valence-corrected chi connectivity index (χ1v) is 7.45. The average molecular weight is 236 g/mol. The monoisotopic (exact) mass is 236 g/mol. The summed E-state index contributed by atoms with van der Waals surface area (Å²) >= 11 is 0. The van der Waals surface area contributed by atoms with E-state index in [0.29, 0.717) is 6.10 Å². The van der Waals surface area contributed by atoms with Crippen molar-refractivity contribution < 1.29 is 9.64 Å². The Bertz CT molecular complexity index is 293. The molecule has 0 aromatic carbocycles. The molecule has 0 aromatic heterocycles. The molecule has 2 heterocycles. The first kappa shape index (κ1) is 11.7. The Balaban J connectivity index is 1.62. The van der Waals surface area contributed by atoms with Gasteiger partial charge in [0.05, 0.1) is 19.7 Å². The van der Waals surface area contributed by atoms with Gasteiger partial charge in [0.1, 0.15) is 12.6 Å². The zero-order chi connectivity index (χ0) is 11.7. The van der Waals surface area contributed by atoms with Gasteiger partial charge in [0.15, 0.2) is 0 Å². The Morgan fingerprint density at radius 2 is 2.12 bits per heavy atom. The van der Waals surface area contributed by atoms with Gasteiger partial charge in [-0.05, 0) is 44.9 Å². The molecule has 2 bridgehead atoms. The number of rotatable bonds is 2. The lowest BCUT2D eigenvalue weighted by Gasteiger charge is -2.41. The largest absolute Gasteiger partial charge is 0.371 e. The lowest BCUT2D eigenvalue weighted by Crippen LogP contribution is -3.14. The van der Waals surface area contributed by atoms with Crippen LogP contribution in [0.2, 0.25) is 0 Å². The molecule has 0 amide bonds. The number of ether oxygens (including phenoxy) is 1. The second-order valence-electron chi connectivity index (χ2n) is 6.28.